The van der Waals surface area contributed by atoms with Gasteiger partial charge >= 0.3 is 0 Å². The molecule has 4 heterocycles. The summed E-state index contributed by atoms with van der Waals surface area (Å²) >= 11 is 0. The molecule has 1 fully saturated rings. The van der Waals surface area contributed by atoms with E-state index in [9.17, 15) is 34.4 Å². The zero-order valence-electron chi connectivity index (χ0n) is 19.0. The molecular weight excluding hydrogens is 485 g/mol. The minimum atomic E-state index is -1.69. The average Bonchev–Trinajstić information content (AvgIpc) is 3.51. The molecule has 2 aromatic heterocycles. The number of nitrogens with one attached hydrogen (secondary N) is 2. The van der Waals surface area contributed by atoms with Crippen LogP contribution in [-0.2, 0) is 4.74 Å². The van der Waals surface area contributed by atoms with Crippen LogP contribution in [0.5, 0.6) is 0 Å². The average molecular weight is 505 g/mol. The molecule has 11 heteroatoms. The fourth-order valence-electron chi connectivity index (χ4n) is 5.85. The van der Waals surface area contributed by atoms with Gasteiger partial charge in [-0.15, -0.1) is 0 Å². The van der Waals surface area contributed by atoms with Gasteiger partial charge in [0.2, 0.25) is 0 Å². The van der Waals surface area contributed by atoms with Crippen LogP contribution in [-0.4, -0.2) is 72.8 Å². The molecule has 0 aliphatic carbocycles. The molecule has 7 rings (SSSR count). The maximum absolute atomic E-state index is 14.6. The standard InChI is InChI=1S/C26H20FN3O7/c27-9-5-6-11-13(7-9)30(26-23(34)22(33)21(32)14(8-31)37-26)20-16(11)18-17(24(35)29-25(18)36)15-10-3-1-2-4-12(10)28-19(15)20/h1-7,14,21-23,26,28,31-34H,8H2,(H,29,35,36)/t14-,21-,22+,23-,26-/m1/s1. The van der Waals surface area contributed by atoms with E-state index in [2.05, 4.69) is 10.3 Å². The number of H-pyrrole nitrogens is 1. The van der Waals surface area contributed by atoms with Crippen LogP contribution in [0, 0.1) is 5.82 Å². The van der Waals surface area contributed by atoms with Gasteiger partial charge in [-0.25, -0.2) is 4.39 Å². The minimum absolute atomic E-state index is 0.109. The van der Waals surface area contributed by atoms with Crippen molar-refractivity contribution in [2.24, 2.45) is 0 Å². The monoisotopic (exact) mass is 505 g/mol. The molecule has 5 aromatic rings. The van der Waals surface area contributed by atoms with Gasteiger partial charge in [-0.3, -0.25) is 14.9 Å². The van der Waals surface area contributed by atoms with Crippen molar-refractivity contribution in [2.45, 2.75) is 30.6 Å². The number of para-hydroxylation sites is 1. The first-order valence-corrected chi connectivity index (χ1v) is 11.7. The molecule has 0 radical (unpaired) electrons. The molecule has 10 nitrogen and oxygen atoms in total. The minimum Gasteiger partial charge on any atom is -0.394 e. The topological polar surface area (TPSA) is 157 Å². The van der Waals surface area contributed by atoms with Gasteiger partial charge < -0.3 is 34.7 Å². The largest absolute Gasteiger partial charge is 0.394 e. The normalized spacial score (nSPS) is 26.0. The number of nitrogens with zero attached hydrogens (tertiary/aromatic N) is 1. The number of fused-ring (bicyclic) bond motifs is 10. The van der Waals surface area contributed by atoms with E-state index in [0.29, 0.717) is 38.1 Å². The van der Waals surface area contributed by atoms with Crippen LogP contribution >= 0.6 is 0 Å². The van der Waals surface area contributed by atoms with Gasteiger partial charge in [0.15, 0.2) is 6.23 Å². The van der Waals surface area contributed by atoms with Crippen molar-refractivity contribution in [1.82, 2.24) is 14.9 Å². The third-order valence-electron chi connectivity index (χ3n) is 7.46. The van der Waals surface area contributed by atoms with Crippen molar-refractivity contribution in [3.8, 4) is 0 Å². The lowest BCUT2D eigenvalue weighted by molar-refractivity contribution is -0.249. The molecule has 5 atom stereocenters. The van der Waals surface area contributed by atoms with Crippen LogP contribution in [0.2, 0.25) is 0 Å². The molecule has 6 N–H and O–H groups in total. The van der Waals surface area contributed by atoms with E-state index in [4.69, 9.17) is 4.74 Å². The predicted molar refractivity (Wildman–Crippen MR) is 130 cm³/mol. The summed E-state index contributed by atoms with van der Waals surface area (Å²) in [6, 6.07) is 11.1. The maximum atomic E-state index is 14.6. The number of aliphatic hydroxyl groups excluding tert-OH is 4. The van der Waals surface area contributed by atoms with Crippen molar-refractivity contribution in [2.75, 3.05) is 6.61 Å². The molecule has 2 aliphatic heterocycles. The second-order valence-corrected chi connectivity index (χ2v) is 9.43. The quantitative estimate of drug-likeness (QED) is 0.198. The molecular formula is C26H20FN3O7. The number of carbonyl (C=O) groups is 2. The first-order chi connectivity index (χ1) is 17.8. The summed E-state index contributed by atoms with van der Waals surface area (Å²) in [6.07, 6.45) is -7.56. The Hall–Kier alpha value is -3.87. The Balaban J connectivity index is 1.71. The number of ether oxygens (including phenoxy) is 1. The van der Waals surface area contributed by atoms with E-state index in [1.807, 2.05) is 12.1 Å². The number of halogens is 1. The predicted octanol–water partition coefficient (Wildman–Crippen LogP) is 1.42. The van der Waals surface area contributed by atoms with E-state index >= 15 is 0 Å². The zero-order chi connectivity index (χ0) is 25.7. The molecule has 188 valence electrons. The number of benzene rings is 3. The number of amides is 2. The van der Waals surface area contributed by atoms with E-state index in [0.717, 1.165) is 0 Å². The van der Waals surface area contributed by atoms with Gasteiger partial charge in [0, 0.05) is 27.1 Å². The number of imide groups is 1. The van der Waals surface area contributed by atoms with Gasteiger partial charge in [0.1, 0.15) is 30.2 Å². The third-order valence-corrected chi connectivity index (χ3v) is 7.46. The second kappa shape index (κ2) is 7.57. The van der Waals surface area contributed by atoms with Gasteiger partial charge in [0.05, 0.1) is 34.3 Å². The Labute approximate surface area is 206 Å². The molecule has 0 unspecified atom stereocenters. The number of carbonyl (C=O) groups excluding carboxylic acids is 2. The fraction of sp³-hybridized carbons (Fsp3) is 0.231. The van der Waals surface area contributed by atoms with E-state index in [1.165, 1.54) is 22.8 Å². The Morgan fingerprint density at radius 2 is 1.65 bits per heavy atom. The Morgan fingerprint density at radius 3 is 2.41 bits per heavy atom. The Kier molecular flexibility index (Phi) is 4.57. The second-order valence-electron chi connectivity index (χ2n) is 9.43. The number of hydrogen-bond acceptors (Lipinski definition) is 7. The maximum Gasteiger partial charge on any atom is 0.259 e. The van der Waals surface area contributed by atoms with Crippen molar-refractivity contribution in [3.63, 3.8) is 0 Å². The van der Waals surface area contributed by atoms with Crippen LogP contribution in [0.1, 0.15) is 26.9 Å². The molecule has 1 saturated heterocycles. The highest BCUT2D eigenvalue weighted by molar-refractivity contribution is 6.39. The molecule has 37 heavy (non-hydrogen) atoms. The lowest BCUT2D eigenvalue weighted by atomic mass is 9.96. The van der Waals surface area contributed by atoms with Crippen molar-refractivity contribution in [1.29, 1.82) is 0 Å². The summed E-state index contributed by atoms with van der Waals surface area (Å²) in [7, 11) is 0. The highest BCUT2D eigenvalue weighted by Crippen LogP contribution is 2.46. The molecule has 3 aromatic carbocycles. The number of aromatic nitrogens is 2. The SMILES string of the molecule is O=C1NC(=O)c2c1c1c3ccccc3[nH]c1c1c2c2ccc(F)cc2n1[C@@H]1O[C@H](CO)[C@@H](O)[C@H](O)[C@H]1O. The molecule has 0 saturated carbocycles. The summed E-state index contributed by atoms with van der Waals surface area (Å²) in [6.45, 7) is -0.652. The third kappa shape index (κ3) is 2.80. The highest BCUT2D eigenvalue weighted by atomic mass is 19.1. The van der Waals surface area contributed by atoms with Gasteiger partial charge in [-0.05, 0) is 24.3 Å². The van der Waals surface area contributed by atoms with Crippen molar-refractivity contribution >= 4 is 55.4 Å². The number of hydrogen-bond donors (Lipinski definition) is 6. The lowest BCUT2D eigenvalue weighted by Crippen LogP contribution is -2.56. The summed E-state index contributed by atoms with van der Waals surface area (Å²) in [5.41, 5.74) is 1.96. The Bertz CT molecular complexity index is 1810. The van der Waals surface area contributed by atoms with Crippen LogP contribution in [0.25, 0.3) is 43.6 Å². The smallest absolute Gasteiger partial charge is 0.259 e. The summed E-state index contributed by atoms with van der Waals surface area (Å²) in [4.78, 5) is 29.5. The van der Waals surface area contributed by atoms with Gasteiger partial charge in [-0.2, -0.15) is 0 Å². The van der Waals surface area contributed by atoms with E-state index in [1.54, 1.807) is 12.1 Å². The Morgan fingerprint density at radius 1 is 0.919 bits per heavy atom. The number of aliphatic hydroxyl groups is 4. The molecule has 0 bridgehead atoms. The van der Waals surface area contributed by atoms with Gasteiger partial charge in [-0.1, -0.05) is 18.2 Å². The zero-order valence-corrected chi connectivity index (χ0v) is 19.0. The number of rotatable bonds is 2. The van der Waals surface area contributed by atoms with E-state index < -0.39 is 54.9 Å². The van der Waals surface area contributed by atoms with Crippen LogP contribution in [0.3, 0.4) is 0 Å². The fourth-order valence-corrected chi connectivity index (χ4v) is 5.85. The van der Waals surface area contributed by atoms with Gasteiger partial charge in [0.25, 0.3) is 11.8 Å². The summed E-state index contributed by atoms with van der Waals surface area (Å²) in [5, 5.41) is 45.9. The molecule has 2 amide bonds. The molecule has 0 spiro atoms. The highest BCUT2D eigenvalue weighted by Gasteiger charge is 2.46. The van der Waals surface area contributed by atoms with Crippen molar-refractivity contribution < 1.29 is 39.1 Å². The first-order valence-electron chi connectivity index (χ1n) is 11.7. The van der Waals surface area contributed by atoms with E-state index in [-0.39, 0.29) is 16.6 Å². The van der Waals surface area contributed by atoms with Crippen LogP contribution < -0.4 is 5.32 Å². The summed E-state index contributed by atoms with van der Waals surface area (Å²) in [5.74, 6) is -1.78. The lowest BCUT2D eigenvalue weighted by Gasteiger charge is -2.41. The van der Waals surface area contributed by atoms with Crippen LogP contribution in [0.4, 0.5) is 4.39 Å². The summed E-state index contributed by atoms with van der Waals surface area (Å²) < 4.78 is 21.9. The van der Waals surface area contributed by atoms with Crippen LogP contribution in [0.15, 0.2) is 42.5 Å². The first kappa shape index (κ1) is 22.3. The molecule has 2 aliphatic rings. The van der Waals surface area contributed by atoms with Crippen molar-refractivity contribution in [3.05, 3.63) is 59.4 Å². The number of aromatic amines is 1.